The van der Waals surface area contributed by atoms with E-state index in [1.807, 2.05) is 5.56 Å². The van der Waals surface area contributed by atoms with Crippen LogP contribution in [0.5, 0.6) is 0 Å². The summed E-state index contributed by atoms with van der Waals surface area (Å²) in [7, 11) is 0. The Morgan fingerprint density at radius 1 is 1.11 bits per heavy atom. The SMILES string of the molecule is CC(C)c1sc(C(C)(C)C)c2c1CC1CCCCC21. The maximum atomic E-state index is 2.40. The summed E-state index contributed by atoms with van der Waals surface area (Å²) >= 11 is 2.13. The third-order valence-electron chi connectivity index (χ3n) is 5.03. The van der Waals surface area contributed by atoms with Gasteiger partial charge in [0.25, 0.3) is 0 Å². The van der Waals surface area contributed by atoms with E-state index in [1.165, 1.54) is 32.1 Å². The van der Waals surface area contributed by atoms with E-state index in [1.54, 1.807) is 15.3 Å². The van der Waals surface area contributed by atoms with Crippen molar-refractivity contribution >= 4 is 11.3 Å². The lowest BCUT2D eigenvalue weighted by molar-refractivity contribution is 0.328. The predicted molar refractivity (Wildman–Crippen MR) is 85.5 cm³/mol. The molecule has 1 aromatic heterocycles. The topological polar surface area (TPSA) is 0 Å². The Balaban J connectivity index is 2.12. The molecule has 1 saturated carbocycles. The molecule has 0 radical (unpaired) electrons. The zero-order valence-corrected chi connectivity index (χ0v) is 14.0. The molecule has 0 bridgehead atoms. The summed E-state index contributed by atoms with van der Waals surface area (Å²) in [6, 6.07) is 0. The molecule has 0 N–H and O–H groups in total. The highest BCUT2D eigenvalue weighted by Gasteiger charge is 2.41. The first-order chi connectivity index (χ1) is 8.89. The van der Waals surface area contributed by atoms with Crippen molar-refractivity contribution in [3.05, 3.63) is 20.9 Å². The Morgan fingerprint density at radius 2 is 1.79 bits per heavy atom. The van der Waals surface area contributed by atoms with Gasteiger partial charge in [0.05, 0.1) is 0 Å². The summed E-state index contributed by atoms with van der Waals surface area (Å²) < 4.78 is 0. The van der Waals surface area contributed by atoms with E-state index in [0.29, 0.717) is 11.3 Å². The van der Waals surface area contributed by atoms with Gasteiger partial charge in [-0.25, -0.2) is 0 Å². The van der Waals surface area contributed by atoms with E-state index in [-0.39, 0.29) is 0 Å². The second kappa shape index (κ2) is 4.62. The highest BCUT2D eigenvalue weighted by Crippen LogP contribution is 2.54. The summed E-state index contributed by atoms with van der Waals surface area (Å²) in [5.74, 6) is 2.59. The minimum absolute atomic E-state index is 0.328. The fraction of sp³-hybridized carbons (Fsp3) is 0.778. The second-order valence-corrected chi connectivity index (χ2v) is 9.00. The molecule has 0 aromatic carbocycles. The molecule has 2 atom stereocenters. The van der Waals surface area contributed by atoms with E-state index in [9.17, 15) is 0 Å². The molecule has 106 valence electrons. The molecule has 2 aliphatic rings. The molecular weight excluding hydrogens is 248 g/mol. The smallest absolute Gasteiger partial charge is 0.0140 e. The Labute approximate surface area is 122 Å². The largest absolute Gasteiger partial charge is 0.144 e. The summed E-state index contributed by atoms with van der Waals surface area (Å²) in [6.07, 6.45) is 7.24. The van der Waals surface area contributed by atoms with Crippen LogP contribution >= 0.6 is 11.3 Å². The van der Waals surface area contributed by atoms with Gasteiger partial charge < -0.3 is 0 Å². The molecule has 0 saturated heterocycles. The van der Waals surface area contributed by atoms with Crippen LogP contribution in [0.1, 0.15) is 93.0 Å². The molecular formula is C18H28S. The molecule has 0 amide bonds. The molecule has 0 nitrogen and oxygen atoms in total. The van der Waals surface area contributed by atoms with Crippen molar-refractivity contribution < 1.29 is 0 Å². The van der Waals surface area contributed by atoms with Crippen LogP contribution < -0.4 is 0 Å². The fourth-order valence-electron chi connectivity index (χ4n) is 4.22. The van der Waals surface area contributed by atoms with Crippen molar-refractivity contribution in [2.24, 2.45) is 5.92 Å². The van der Waals surface area contributed by atoms with Gasteiger partial charge in [-0.3, -0.25) is 0 Å². The van der Waals surface area contributed by atoms with Crippen molar-refractivity contribution in [2.45, 2.75) is 84.0 Å². The third kappa shape index (κ3) is 2.18. The van der Waals surface area contributed by atoms with Gasteiger partial charge in [0.1, 0.15) is 0 Å². The van der Waals surface area contributed by atoms with Crippen LogP contribution in [0, 0.1) is 5.92 Å². The van der Waals surface area contributed by atoms with Gasteiger partial charge in [-0.15, -0.1) is 11.3 Å². The number of rotatable bonds is 1. The van der Waals surface area contributed by atoms with Crippen molar-refractivity contribution in [3.63, 3.8) is 0 Å². The van der Waals surface area contributed by atoms with Gasteiger partial charge >= 0.3 is 0 Å². The maximum absolute atomic E-state index is 2.40. The first kappa shape index (κ1) is 13.7. The first-order valence-electron chi connectivity index (χ1n) is 8.05. The lowest BCUT2D eigenvalue weighted by Crippen LogP contribution is -2.17. The zero-order valence-electron chi connectivity index (χ0n) is 13.2. The number of thiophene rings is 1. The summed E-state index contributed by atoms with van der Waals surface area (Å²) in [5, 5.41) is 0. The standard InChI is InChI=1S/C18H28S/c1-11(2)16-14-10-12-8-6-7-9-13(12)15(14)17(19-16)18(3,4)5/h11-13H,6-10H2,1-5H3. The van der Waals surface area contributed by atoms with Crippen LogP contribution in [0.2, 0.25) is 0 Å². The molecule has 1 aromatic rings. The van der Waals surface area contributed by atoms with Crippen LogP contribution in [0.3, 0.4) is 0 Å². The highest BCUT2D eigenvalue weighted by molar-refractivity contribution is 7.12. The van der Waals surface area contributed by atoms with Gasteiger partial charge in [0, 0.05) is 9.75 Å². The predicted octanol–water partition coefficient (Wildman–Crippen LogP) is 6.00. The Morgan fingerprint density at radius 3 is 2.42 bits per heavy atom. The lowest BCUT2D eigenvalue weighted by Gasteiger charge is -2.29. The fourth-order valence-corrected chi connectivity index (χ4v) is 5.68. The Bertz CT molecular complexity index is 473. The normalized spacial score (nSPS) is 26.6. The lowest BCUT2D eigenvalue weighted by atomic mass is 9.77. The molecule has 0 aliphatic heterocycles. The Hall–Kier alpha value is -0.300. The maximum Gasteiger partial charge on any atom is 0.0140 e. The van der Waals surface area contributed by atoms with Gasteiger partial charge in [-0.2, -0.15) is 0 Å². The van der Waals surface area contributed by atoms with Crippen LogP contribution in [-0.4, -0.2) is 0 Å². The van der Waals surface area contributed by atoms with Crippen molar-refractivity contribution in [3.8, 4) is 0 Å². The van der Waals surface area contributed by atoms with Crippen molar-refractivity contribution in [2.75, 3.05) is 0 Å². The summed E-state index contributed by atoms with van der Waals surface area (Å²) in [6.45, 7) is 12.0. The molecule has 2 unspecified atom stereocenters. The average molecular weight is 276 g/mol. The van der Waals surface area contributed by atoms with Crippen LogP contribution in [0.4, 0.5) is 0 Å². The summed E-state index contributed by atoms with van der Waals surface area (Å²) in [5.41, 5.74) is 3.92. The molecule has 3 rings (SSSR count). The second-order valence-electron chi connectivity index (χ2n) is 7.95. The molecule has 1 heterocycles. The van der Waals surface area contributed by atoms with E-state index >= 15 is 0 Å². The van der Waals surface area contributed by atoms with Gasteiger partial charge in [0.2, 0.25) is 0 Å². The average Bonchev–Trinajstić information content (AvgIpc) is 2.83. The quantitative estimate of drug-likeness (QED) is 0.590. The molecule has 2 aliphatic carbocycles. The number of fused-ring (bicyclic) bond motifs is 3. The van der Waals surface area contributed by atoms with E-state index in [4.69, 9.17) is 0 Å². The molecule has 1 fully saturated rings. The van der Waals surface area contributed by atoms with Gasteiger partial charge in [0.15, 0.2) is 0 Å². The van der Waals surface area contributed by atoms with E-state index < -0.39 is 0 Å². The zero-order chi connectivity index (χ0) is 13.8. The minimum Gasteiger partial charge on any atom is -0.144 e. The van der Waals surface area contributed by atoms with Crippen LogP contribution in [0.25, 0.3) is 0 Å². The summed E-state index contributed by atoms with van der Waals surface area (Å²) in [4.78, 5) is 3.41. The molecule has 1 heteroatoms. The third-order valence-corrected chi connectivity index (χ3v) is 7.01. The monoisotopic (exact) mass is 276 g/mol. The van der Waals surface area contributed by atoms with Crippen LogP contribution in [-0.2, 0) is 11.8 Å². The number of hydrogen-bond acceptors (Lipinski definition) is 1. The minimum atomic E-state index is 0.328. The number of hydrogen-bond donors (Lipinski definition) is 0. The molecule has 0 spiro atoms. The van der Waals surface area contributed by atoms with E-state index in [2.05, 4.69) is 46.0 Å². The van der Waals surface area contributed by atoms with Crippen molar-refractivity contribution in [1.82, 2.24) is 0 Å². The van der Waals surface area contributed by atoms with Crippen LogP contribution in [0.15, 0.2) is 0 Å². The van der Waals surface area contributed by atoms with Gasteiger partial charge in [-0.1, -0.05) is 47.5 Å². The van der Waals surface area contributed by atoms with Crippen molar-refractivity contribution in [1.29, 1.82) is 0 Å². The van der Waals surface area contributed by atoms with Gasteiger partial charge in [-0.05, 0) is 53.6 Å². The Kier molecular flexibility index (Phi) is 3.32. The highest BCUT2D eigenvalue weighted by atomic mass is 32.1. The van der Waals surface area contributed by atoms with E-state index in [0.717, 1.165) is 11.8 Å². The first-order valence-corrected chi connectivity index (χ1v) is 8.87. The molecule has 19 heavy (non-hydrogen) atoms.